The summed E-state index contributed by atoms with van der Waals surface area (Å²) in [6, 6.07) is 18.4. The molecule has 166 valence electrons. The van der Waals surface area contributed by atoms with E-state index < -0.39 is 23.7 Å². The summed E-state index contributed by atoms with van der Waals surface area (Å²) in [6.07, 6.45) is -0.566. The van der Waals surface area contributed by atoms with Crippen LogP contribution in [0, 0.1) is 0 Å². The summed E-state index contributed by atoms with van der Waals surface area (Å²) in [5, 5.41) is 5.05. The number of hydrogen-bond donors (Lipinski definition) is 2. The van der Waals surface area contributed by atoms with Gasteiger partial charge in [0, 0.05) is 5.92 Å². The van der Waals surface area contributed by atoms with E-state index in [9.17, 15) is 9.59 Å². The second kappa shape index (κ2) is 8.28. The van der Waals surface area contributed by atoms with E-state index in [-0.39, 0.29) is 11.8 Å². The summed E-state index contributed by atoms with van der Waals surface area (Å²) in [4.78, 5) is 24.9. The van der Waals surface area contributed by atoms with E-state index in [1.807, 2.05) is 39.0 Å². The third-order valence-corrected chi connectivity index (χ3v) is 6.24. The van der Waals surface area contributed by atoms with Gasteiger partial charge in [-0.05, 0) is 54.8 Å². The van der Waals surface area contributed by atoms with Crippen molar-refractivity contribution in [3.63, 3.8) is 0 Å². The van der Waals surface area contributed by atoms with E-state index in [1.165, 1.54) is 0 Å². The van der Waals surface area contributed by atoms with Gasteiger partial charge < -0.3 is 20.5 Å². The molecule has 3 atom stereocenters. The zero-order valence-corrected chi connectivity index (χ0v) is 18.7. The van der Waals surface area contributed by atoms with Gasteiger partial charge in [0.2, 0.25) is 0 Å². The number of ether oxygens (including phenoxy) is 2. The Morgan fingerprint density at radius 1 is 1.12 bits per heavy atom. The van der Waals surface area contributed by atoms with Crippen LogP contribution in [0.2, 0.25) is 0 Å². The van der Waals surface area contributed by atoms with Crippen molar-refractivity contribution in [1.29, 1.82) is 0 Å². The predicted octanol–water partition coefficient (Wildman–Crippen LogP) is 4.68. The van der Waals surface area contributed by atoms with Crippen LogP contribution < -0.4 is 15.8 Å². The number of benzene rings is 3. The molecular formula is C26H28N2O4. The highest BCUT2D eigenvalue weighted by Crippen LogP contribution is 2.37. The van der Waals surface area contributed by atoms with Crippen molar-refractivity contribution < 1.29 is 19.1 Å². The normalized spacial score (nSPS) is 17.7. The minimum atomic E-state index is -0.990. The second-order valence-corrected chi connectivity index (χ2v) is 8.80. The third-order valence-electron chi connectivity index (χ3n) is 6.24. The lowest BCUT2D eigenvalue weighted by molar-refractivity contribution is -0.160. The van der Waals surface area contributed by atoms with Crippen molar-refractivity contribution in [1.82, 2.24) is 0 Å². The molecule has 0 bridgehead atoms. The lowest BCUT2D eigenvalue weighted by atomic mass is 9.83. The molecule has 4 rings (SSSR count). The minimum Gasteiger partial charge on any atom is -0.479 e. The van der Waals surface area contributed by atoms with E-state index in [0.717, 1.165) is 16.3 Å². The van der Waals surface area contributed by atoms with E-state index >= 15 is 0 Å². The van der Waals surface area contributed by atoms with Crippen LogP contribution in [0.4, 0.5) is 5.69 Å². The molecule has 32 heavy (non-hydrogen) atoms. The molecule has 1 amide bonds. The Hall–Kier alpha value is -3.38. The number of anilines is 1. The largest absolute Gasteiger partial charge is 0.479 e. The monoisotopic (exact) mass is 432 g/mol. The van der Waals surface area contributed by atoms with Crippen molar-refractivity contribution >= 4 is 28.3 Å². The van der Waals surface area contributed by atoms with Crippen molar-refractivity contribution in [2.24, 2.45) is 5.73 Å². The highest BCUT2D eigenvalue weighted by molar-refractivity contribution is 5.97. The molecule has 1 aliphatic rings. The van der Waals surface area contributed by atoms with Gasteiger partial charge in [0.25, 0.3) is 5.91 Å². The zero-order valence-electron chi connectivity index (χ0n) is 18.7. The van der Waals surface area contributed by atoms with Crippen molar-refractivity contribution in [3.05, 3.63) is 71.8 Å². The van der Waals surface area contributed by atoms with E-state index in [4.69, 9.17) is 15.2 Å². The average Bonchev–Trinajstić information content (AvgIpc) is 2.77. The second-order valence-electron chi connectivity index (χ2n) is 8.80. The van der Waals surface area contributed by atoms with Crippen LogP contribution in [-0.2, 0) is 14.3 Å². The van der Waals surface area contributed by atoms with Crippen LogP contribution in [0.3, 0.4) is 0 Å². The van der Waals surface area contributed by atoms with Gasteiger partial charge in [-0.15, -0.1) is 0 Å². The van der Waals surface area contributed by atoms with Crippen molar-refractivity contribution in [3.8, 4) is 5.75 Å². The molecule has 0 fully saturated rings. The lowest BCUT2D eigenvalue weighted by Gasteiger charge is -2.33. The SMILES string of the molecule is CC1Oc2ccc(C(N)C(=O)OC(C)(C)C(C)c3cccc4ccccc34)cc2NC1=O. The Kier molecular flexibility index (Phi) is 5.65. The molecule has 0 saturated carbocycles. The summed E-state index contributed by atoms with van der Waals surface area (Å²) in [6.45, 7) is 7.51. The molecule has 0 radical (unpaired) electrons. The number of carbonyl (C=O) groups is 2. The minimum absolute atomic E-state index is 0.0672. The van der Waals surface area contributed by atoms with Crippen LogP contribution >= 0.6 is 0 Å². The van der Waals surface area contributed by atoms with E-state index in [1.54, 1.807) is 25.1 Å². The number of fused-ring (bicyclic) bond motifs is 2. The molecule has 3 N–H and O–H groups in total. The van der Waals surface area contributed by atoms with Crippen molar-refractivity contribution in [2.75, 3.05) is 5.32 Å². The molecule has 3 aromatic carbocycles. The van der Waals surface area contributed by atoms with Crippen LogP contribution in [0.15, 0.2) is 60.7 Å². The molecule has 6 heteroatoms. The Morgan fingerprint density at radius 2 is 1.84 bits per heavy atom. The summed E-state index contributed by atoms with van der Waals surface area (Å²) in [5.41, 5.74) is 7.60. The van der Waals surface area contributed by atoms with E-state index in [2.05, 4.69) is 29.6 Å². The van der Waals surface area contributed by atoms with Crippen LogP contribution in [0.1, 0.15) is 50.8 Å². The fourth-order valence-corrected chi connectivity index (χ4v) is 3.97. The molecule has 3 aromatic rings. The molecule has 0 aromatic heterocycles. The van der Waals surface area contributed by atoms with Crippen molar-refractivity contribution in [2.45, 2.75) is 51.4 Å². The summed E-state index contributed by atoms with van der Waals surface area (Å²) >= 11 is 0. The molecule has 6 nitrogen and oxygen atoms in total. The maximum atomic E-state index is 13.0. The number of hydrogen-bond acceptors (Lipinski definition) is 5. The number of rotatable bonds is 5. The van der Waals surface area contributed by atoms with Gasteiger partial charge in [0.05, 0.1) is 5.69 Å². The third kappa shape index (κ3) is 4.06. The molecule has 0 spiro atoms. The summed E-state index contributed by atoms with van der Waals surface area (Å²) < 4.78 is 11.5. The molecule has 0 aliphatic carbocycles. The molecular weight excluding hydrogens is 404 g/mol. The predicted molar refractivity (Wildman–Crippen MR) is 125 cm³/mol. The Bertz CT molecular complexity index is 1180. The first kappa shape index (κ1) is 21.8. The quantitative estimate of drug-likeness (QED) is 0.571. The fraction of sp³-hybridized carbons (Fsp3) is 0.308. The number of nitrogens with two attached hydrogens (primary N) is 1. The molecule has 1 aliphatic heterocycles. The highest BCUT2D eigenvalue weighted by Gasteiger charge is 2.34. The van der Waals surface area contributed by atoms with Crippen LogP contribution in [0.5, 0.6) is 5.75 Å². The number of nitrogens with one attached hydrogen (secondary N) is 1. The standard InChI is InChI=1S/C26H28N2O4/c1-15(19-11-7-9-17-8-5-6-10-20(17)19)26(3,4)32-25(30)23(27)18-12-13-22-21(14-18)28-24(29)16(2)31-22/h5-16,23H,27H2,1-4H3,(H,28,29). The Morgan fingerprint density at radius 3 is 2.62 bits per heavy atom. The summed E-state index contributed by atoms with van der Waals surface area (Å²) in [5.74, 6) is -0.289. The smallest absolute Gasteiger partial charge is 0.328 e. The van der Waals surface area contributed by atoms with E-state index in [0.29, 0.717) is 17.0 Å². The first-order valence-corrected chi connectivity index (χ1v) is 10.7. The van der Waals surface area contributed by atoms with Crippen LogP contribution in [0.25, 0.3) is 10.8 Å². The first-order valence-electron chi connectivity index (χ1n) is 10.7. The van der Waals surface area contributed by atoms with Crippen LogP contribution in [-0.4, -0.2) is 23.6 Å². The summed E-state index contributed by atoms with van der Waals surface area (Å²) in [7, 11) is 0. The number of esters is 1. The fourth-order valence-electron chi connectivity index (χ4n) is 3.97. The Labute approximate surface area is 187 Å². The maximum absolute atomic E-state index is 13.0. The van der Waals surface area contributed by atoms with Gasteiger partial charge in [0.1, 0.15) is 17.4 Å². The van der Waals surface area contributed by atoms with Gasteiger partial charge >= 0.3 is 5.97 Å². The lowest BCUT2D eigenvalue weighted by Crippen LogP contribution is -2.38. The maximum Gasteiger partial charge on any atom is 0.328 e. The number of amides is 1. The molecule has 1 heterocycles. The average molecular weight is 433 g/mol. The molecule has 3 unspecified atom stereocenters. The van der Waals surface area contributed by atoms with Gasteiger partial charge in [0.15, 0.2) is 6.10 Å². The number of carbonyl (C=O) groups excluding carboxylic acids is 2. The van der Waals surface area contributed by atoms with Gasteiger partial charge in [-0.2, -0.15) is 0 Å². The zero-order chi connectivity index (χ0) is 23.0. The molecule has 0 saturated heterocycles. The van der Waals surface area contributed by atoms with Gasteiger partial charge in [-0.1, -0.05) is 55.5 Å². The van der Waals surface area contributed by atoms with Gasteiger partial charge in [-0.25, -0.2) is 4.79 Å². The topological polar surface area (TPSA) is 90.7 Å². The Balaban J connectivity index is 1.53. The van der Waals surface area contributed by atoms with Gasteiger partial charge in [-0.3, -0.25) is 4.79 Å². The highest BCUT2D eigenvalue weighted by atomic mass is 16.6. The first-order chi connectivity index (χ1) is 15.2.